The van der Waals surface area contributed by atoms with Crippen LogP contribution in [0.15, 0.2) is 36.7 Å². The second-order valence-corrected chi connectivity index (χ2v) is 5.94. The minimum atomic E-state index is -0.310. The summed E-state index contributed by atoms with van der Waals surface area (Å²) in [6.07, 6.45) is 1.41. The molecule has 1 aromatic heterocycles. The molecule has 25 heavy (non-hydrogen) atoms. The number of ether oxygens (including phenoxy) is 1. The molecule has 0 aliphatic carbocycles. The maximum Gasteiger partial charge on any atom is 0.259 e. The van der Waals surface area contributed by atoms with E-state index in [1.165, 1.54) is 24.2 Å². The van der Waals surface area contributed by atoms with E-state index >= 15 is 0 Å². The summed E-state index contributed by atoms with van der Waals surface area (Å²) in [5, 5.41) is 14.2. The van der Waals surface area contributed by atoms with Crippen molar-refractivity contribution in [1.29, 1.82) is 0 Å². The predicted molar refractivity (Wildman–Crippen MR) is 94.6 cm³/mol. The Labute approximate surface area is 149 Å². The van der Waals surface area contributed by atoms with Gasteiger partial charge in [-0.2, -0.15) is 4.68 Å². The van der Waals surface area contributed by atoms with Crippen LogP contribution in [0.25, 0.3) is 5.69 Å². The molecule has 0 saturated carbocycles. The zero-order valence-corrected chi connectivity index (χ0v) is 14.7. The third-order valence-corrected chi connectivity index (χ3v) is 4.05. The molecular formula is C17H16ClN5O2. The van der Waals surface area contributed by atoms with Crippen LogP contribution in [0.3, 0.4) is 0 Å². The van der Waals surface area contributed by atoms with Crippen LogP contribution >= 0.6 is 11.6 Å². The Morgan fingerprint density at radius 3 is 2.72 bits per heavy atom. The van der Waals surface area contributed by atoms with Crippen LogP contribution in [0.5, 0.6) is 5.75 Å². The van der Waals surface area contributed by atoms with Gasteiger partial charge in [0.2, 0.25) is 0 Å². The van der Waals surface area contributed by atoms with Crippen LogP contribution in [0.2, 0.25) is 5.02 Å². The predicted octanol–water partition coefficient (Wildman–Crippen LogP) is 3.19. The number of hydrogen-bond donors (Lipinski definition) is 1. The molecule has 0 aliphatic rings. The number of anilines is 1. The molecule has 1 amide bonds. The number of nitrogens with one attached hydrogen (secondary N) is 1. The topological polar surface area (TPSA) is 81.9 Å². The number of aryl methyl sites for hydroxylation is 2. The number of tetrazole rings is 1. The SMILES string of the molecule is COc1cc(-n2cnnn2)c(Cl)cc1C(=O)Nc1cc(C)ccc1C. The standard InChI is InChI=1S/C17H16ClN5O2/c1-10-4-5-11(2)14(6-10)20-17(24)12-7-13(18)15(8-16(12)25-3)23-9-19-21-22-23/h4-9H,1-3H3,(H,20,24). The van der Waals surface area contributed by atoms with Gasteiger partial charge in [-0.1, -0.05) is 23.7 Å². The number of benzene rings is 2. The van der Waals surface area contributed by atoms with Crippen molar-refractivity contribution in [3.8, 4) is 11.4 Å². The molecule has 0 unspecified atom stereocenters. The summed E-state index contributed by atoms with van der Waals surface area (Å²) in [5.74, 6) is 0.0634. The third-order valence-electron chi connectivity index (χ3n) is 3.75. The molecule has 0 aliphatic heterocycles. The zero-order valence-electron chi connectivity index (χ0n) is 13.9. The molecule has 0 bridgehead atoms. The van der Waals surface area contributed by atoms with Gasteiger partial charge in [0.05, 0.1) is 23.4 Å². The Kier molecular flexibility index (Phi) is 4.67. The van der Waals surface area contributed by atoms with Crippen molar-refractivity contribution in [3.05, 3.63) is 58.4 Å². The first-order chi connectivity index (χ1) is 12.0. The molecule has 0 fully saturated rings. The second kappa shape index (κ2) is 6.90. The molecule has 0 radical (unpaired) electrons. The molecule has 7 nitrogen and oxygen atoms in total. The zero-order chi connectivity index (χ0) is 18.0. The Morgan fingerprint density at radius 2 is 2.04 bits per heavy atom. The van der Waals surface area contributed by atoms with E-state index in [0.29, 0.717) is 22.0 Å². The summed E-state index contributed by atoms with van der Waals surface area (Å²) in [6, 6.07) is 9.02. The summed E-state index contributed by atoms with van der Waals surface area (Å²) in [6.45, 7) is 3.90. The fraction of sp³-hybridized carbons (Fsp3) is 0.176. The van der Waals surface area contributed by atoms with Gasteiger partial charge in [0.1, 0.15) is 12.1 Å². The number of methoxy groups -OCH3 is 1. The van der Waals surface area contributed by atoms with Gasteiger partial charge >= 0.3 is 0 Å². The van der Waals surface area contributed by atoms with E-state index in [1.807, 2.05) is 32.0 Å². The molecule has 128 valence electrons. The van der Waals surface area contributed by atoms with Gasteiger partial charge < -0.3 is 10.1 Å². The number of rotatable bonds is 4. The van der Waals surface area contributed by atoms with Crippen LogP contribution in [-0.2, 0) is 0 Å². The Balaban J connectivity index is 1.97. The van der Waals surface area contributed by atoms with Crippen molar-refractivity contribution in [2.45, 2.75) is 13.8 Å². The van der Waals surface area contributed by atoms with Crippen molar-refractivity contribution in [3.63, 3.8) is 0 Å². The first-order valence-electron chi connectivity index (χ1n) is 7.49. The molecule has 8 heteroatoms. The van der Waals surface area contributed by atoms with Gasteiger partial charge in [-0.15, -0.1) is 5.10 Å². The highest BCUT2D eigenvalue weighted by Crippen LogP contribution is 2.30. The van der Waals surface area contributed by atoms with Crippen molar-refractivity contribution >= 4 is 23.2 Å². The van der Waals surface area contributed by atoms with Crippen LogP contribution in [-0.4, -0.2) is 33.2 Å². The lowest BCUT2D eigenvalue weighted by Gasteiger charge is -2.14. The number of hydrogen-bond acceptors (Lipinski definition) is 5. The molecular weight excluding hydrogens is 342 g/mol. The smallest absolute Gasteiger partial charge is 0.259 e. The number of halogens is 1. The van der Waals surface area contributed by atoms with Gasteiger partial charge in [0, 0.05) is 11.8 Å². The molecule has 0 spiro atoms. The molecule has 3 rings (SSSR count). The van der Waals surface area contributed by atoms with Gasteiger partial charge in [-0.05, 0) is 47.5 Å². The normalized spacial score (nSPS) is 10.6. The summed E-state index contributed by atoms with van der Waals surface area (Å²) in [7, 11) is 1.49. The van der Waals surface area contributed by atoms with E-state index in [9.17, 15) is 4.79 Å². The maximum atomic E-state index is 12.7. The van der Waals surface area contributed by atoms with Crippen LogP contribution in [0.4, 0.5) is 5.69 Å². The monoisotopic (exact) mass is 357 g/mol. The average molecular weight is 358 g/mol. The summed E-state index contributed by atoms with van der Waals surface area (Å²) in [5.41, 5.74) is 3.61. The fourth-order valence-corrected chi connectivity index (χ4v) is 2.65. The largest absolute Gasteiger partial charge is 0.496 e. The van der Waals surface area contributed by atoms with Gasteiger partial charge in [-0.25, -0.2) is 0 Å². The molecule has 1 N–H and O–H groups in total. The lowest BCUT2D eigenvalue weighted by atomic mass is 10.1. The highest BCUT2D eigenvalue weighted by atomic mass is 35.5. The quantitative estimate of drug-likeness (QED) is 0.775. The molecule has 0 atom stereocenters. The van der Waals surface area contributed by atoms with E-state index in [2.05, 4.69) is 20.8 Å². The van der Waals surface area contributed by atoms with Crippen molar-refractivity contribution in [2.24, 2.45) is 0 Å². The average Bonchev–Trinajstić information content (AvgIpc) is 3.12. The number of nitrogens with zero attached hydrogens (tertiary/aromatic N) is 4. The van der Waals surface area contributed by atoms with Crippen LogP contribution in [0, 0.1) is 13.8 Å². The van der Waals surface area contributed by atoms with Gasteiger partial charge in [0.25, 0.3) is 5.91 Å². The summed E-state index contributed by atoms with van der Waals surface area (Å²) >= 11 is 6.30. The number of carbonyl (C=O) groups excluding carboxylic acids is 1. The minimum Gasteiger partial charge on any atom is -0.496 e. The number of amides is 1. The third kappa shape index (κ3) is 3.46. The lowest BCUT2D eigenvalue weighted by molar-refractivity contribution is 0.102. The van der Waals surface area contributed by atoms with E-state index < -0.39 is 0 Å². The number of aromatic nitrogens is 4. The van der Waals surface area contributed by atoms with E-state index in [1.54, 1.807) is 6.07 Å². The van der Waals surface area contributed by atoms with E-state index in [0.717, 1.165) is 16.8 Å². The van der Waals surface area contributed by atoms with Gasteiger partial charge in [0.15, 0.2) is 0 Å². The van der Waals surface area contributed by atoms with Crippen molar-refractivity contribution in [1.82, 2.24) is 20.2 Å². The Bertz CT molecular complexity index is 925. The highest BCUT2D eigenvalue weighted by Gasteiger charge is 2.18. The first-order valence-corrected chi connectivity index (χ1v) is 7.87. The van der Waals surface area contributed by atoms with E-state index in [4.69, 9.17) is 16.3 Å². The molecule has 2 aromatic carbocycles. The fourth-order valence-electron chi connectivity index (χ4n) is 2.40. The maximum absolute atomic E-state index is 12.7. The van der Waals surface area contributed by atoms with E-state index in [-0.39, 0.29) is 5.91 Å². The molecule has 3 aromatic rings. The second-order valence-electron chi connectivity index (χ2n) is 5.53. The van der Waals surface area contributed by atoms with Crippen molar-refractivity contribution in [2.75, 3.05) is 12.4 Å². The highest BCUT2D eigenvalue weighted by molar-refractivity contribution is 6.33. The number of carbonyl (C=O) groups is 1. The van der Waals surface area contributed by atoms with Crippen molar-refractivity contribution < 1.29 is 9.53 Å². The van der Waals surface area contributed by atoms with Gasteiger partial charge in [-0.3, -0.25) is 4.79 Å². The molecule has 1 heterocycles. The Morgan fingerprint density at radius 1 is 1.24 bits per heavy atom. The summed E-state index contributed by atoms with van der Waals surface area (Å²) < 4.78 is 6.75. The Hall–Kier alpha value is -2.93. The molecule has 0 saturated heterocycles. The van der Waals surface area contributed by atoms with Crippen LogP contribution < -0.4 is 10.1 Å². The summed E-state index contributed by atoms with van der Waals surface area (Å²) in [4.78, 5) is 12.7. The van der Waals surface area contributed by atoms with Crippen LogP contribution in [0.1, 0.15) is 21.5 Å². The lowest BCUT2D eigenvalue weighted by Crippen LogP contribution is -2.15. The first kappa shape index (κ1) is 16.9. The minimum absolute atomic E-state index is 0.310.